The third-order valence-electron chi connectivity index (χ3n) is 2.60. The molecule has 0 saturated carbocycles. The highest BCUT2D eigenvalue weighted by molar-refractivity contribution is 7.79. The molecule has 0 unspecified atom stereocenters. The predicted octanol–water partition coefficient (Wildman–Crippen LogP) is 2.06. The van der Waals surface area contributed by atoms with Crippen molar-refractivity contribution < 1.29 is 0 Å². The maximum Gasteiger partial charge on any atom is 0.0144 e. The lowest BCUT2D eigenvalue weighted by Gasteiger charge is -2.46. The molecule has 1 rings (SSSR count). The minimum absolute atomic E-state index is 0.273. The van der Waals surface area contributed by atoms with Gasteiger partial charge in [0.1, 0.15) is 0 Å². The van der Waals surface area contributed by atoms with Gasteiger partial charge in [0.05, 0.1) is 0 Å². The van der Waals surface area contributed by atoms with Gasteiger partial charge in [-0.3, -0.25) is 0 Å². The van der Waals surface area contributed by atoms with Crippen molar-refractivity contribution in [2.24, 2.45) is 0 Å². The number of nitrogens with one attached hydrogen (secondary N) is 2. The van der Waals surface area contributed by atoms with Gasteiger partial charge in [-0.1, -0.05) is 0 Å². The van der Waals surface area contributed by atoms with E-state index in [-0.39, 0.29) is 11.1 Å². The SMILES string of the molecule is CNC1CC(C)(C)NC(C)(C)C1.CS. The third kappa shape index (κ3) is 4.67. The molecule has 1 fully saturated rings. The zero-order chi connectivity index (χ0) is 11.4. The lowest BCUT2D eigenvalue weighted by molar-refractivity contribution is 0.150. The monoisotopic (exact) mass is 218 g/mol. The quantitative estimate of drug-likeness (QED) is 0.587. The Morgan fingerprint density at radius 2 is 1.43 bits per heavy atom. The van der Waals surface area contributed by atoms with Crippen molar-refractivity contribution in [2.45, 2.75) is 57.7 Å². The van der Waals surface area contributed by atoms with E-state index < -0.39 is 0 Å². The zero-order valence-corrected chi connectivity index (χ0v) is 11.3. The molecule has 0 aliphatic carbocycles. The molecule has 0 radical (unpaired) electrons. The molecule has 1 aliphatic rings. The molecule has 1 saturated heterocycles. The standard InChI is InChI=1S/C10H22N2.CH4S/c1-9(2)6-8(11-5)7-10(3,4)12-9;1-2/h8,11-12H,6-7H2,1-5H3;2H,1H3. The van der Waals surface area contributed by atoms with Crippen molar-refractivity contribution in [1.29, 1.82) is 0 Å². The second kappa shape index (κ2) is 5.38. The summed E-state index contributed by atoms with van der Waals surface area (Å²) >= 11 is 3.53. The molecule has 3 heteroatoms. The van der Waals surface area contributed by atoms with Gasteiger partial charge in [-0.25, -0.2) is 0 Å². The second-order valence-electron chi connectivity index (χ2n) is 5.29. The molecule has 0 atom stereocenters. The molecule has 2 nitrogen and oxygen atoms in total. The largest absolute Gasteiger partial charge is 0.317 e. The van der Waals surface area contributed by atoms with Gasteiger partial charge in [0.15, 0.2) is 0 Å². The van der Waals surface area contributed by atoms with Crippen molar-refractivity contribution in [3.63, 3.8) is 0 Å². The van der Waals surface area contributed by atoms with Crippen LogP contribution in [0.1, 0.15) is 40.5 Å². The second-order valence-corrected chi connectivity index (χ2v) is 5.29. The average Bonchev–Trinajstić information content (AvgIpc) is 2.02. The van der Waals surface area contributed by atoms with Crippen LogP contribution in [0.25, 0.3) is 0 Å². The number of hydrogen-bond donors (Lipinski definition) is 3. The van der Waals surface area contributed by atoms with Crippen LogP contribution in [0.2, 0.25) is 0 Å². The van der Waals surface area contributed by atoms with E-state index in [1.807, 2.05) is 0 Å². The van der Waals surface area contributed by atoms with Crippen LogP contribution in [-0.2, 0) is 0 Å². The Morgan fingerprint density at radius 3 is 1.71 bits per heavy atom. The van der Waals surface area contributed by atoms with Gasteiger partial charge < -0.3 is 10.6 Å². The molecule has 0 spiro atoms. The van der Waals surface area contributed by atoms with E-state index in [2.05, 4.69) is 58.0 Å². The van der Waals surface area contributed by atoms with Gasteiger partial charge in [-0.15, -0.1) is 0 Å². The van der Waals surface area contributed by atoms with Crippen molar-refractivity contribution in [3.05, 3.63) is 0 Å². The molecule has 2 N–H and O–H groups in total. The van der Waals surface area contributed by atoms with E-state index in [1.165, 1.54) is 12.8 Å². The summed E-state index contributed by atoms with van der Waals surface area (Å²) < 4.78 is 0. The molecule has 0 aromatic carbocycles. The van der Waals surface area contributed by atoms with Gasteiger partial charge in [0, 0.05) is 17.1 Å². The Kier molecular flexibility index (Phi) is 5.48. The molecule has 86 valence electrons. The number of hydrogen-bond acceptors (Lipinski definition) is 3. The Balaban J connectivity index is 0.000000791. The van der Waals surface area contributed by atoms with Crippen LogP contribution in [0.3, 0.4) is 0 Å². The summed E-state index contributed by atoms with van der Waals surface area (Å²) in [7, 11) is 2.06. The third-order valence-corrected chi connectivity index (χ3v) is 2.60. The Morgan fingerprint density at radius 1 is 1.07 bits per heavy atom. The first-order chi connectivity index (χ1) is 6.35. The summed E-state index contributed by atoms with van der Waals surface area (Å²) in [6.45, 7) is 9.10. The molecule has 1 heterocycles. The van der Waals surface area contributed by atoms with E-state index in [4.69, 9.17) is 0 Å². The van der Waals surface area contributed by atoms with Gasteiger partial charge in [0.25, 0.3) is 0 Å². The van der Waals surface area contributed by atoms with Gasteiger partial charge >= 0.3 is 0 Å². The minimum Gasteiger partial charge on any atom is -0.317 e. The molecule has 14 heavy (non-hydrogen) atoms. The average molecular weight is 218 g/mol. The summed E-state index contributed by atoms with van der Waals surface area (Å²) in [5.74, 6) is 0. The Bertz CT molecular complexity index is 151. The lowest BCUT2D eigenvalue weighted by atomic mass is 9.80. The maximum atomic E-state index is 3.66. The van der Waals surface area contributed by atoms with Crippen LogP contribution >= 0.6 is 12.6 Å². The fourth-order valence-electron chi connectivity index (χ4n) is 2.53. The summed E-state index contributed by atoms with van der Waals surface area (Å²) in [6, 6.07) is 0.663. The summed E-state index contributed by atoms with van der Waals surface area (Å²) in [5, 5.41) is 7.03. The molecular formula is C11H26N2S. The van der Waals surface area contributed by atoms with Crippen LogP contribution < -0.4 is 10.6 Å². The van der Waals surface area contributed by atoms with Crippen molar-refractivity contribution in [1.82, 2.24) is 10.6 Å². The van der Waals surface area contributed by atoms with Crippen LogP contribution in [0, 0.1) is 0 Å². The highest BCUT2D eigenvalue weighted by Gasteiger charge is 2.36. The highest BCUT2D eigenvalue weighted by Crippen LogP contribution is 2.27. The zero-order valence-electron chi connectivity index (χ0n) is 10.4. The topological polar surface area (TPSA) is 24.1 Å². The van der Waals surface area contributed by atoms with Gasteiger partial charge in [-0.05, 0) is 53.8 Å². The summed E-state index contributed by atoms with van der Waals surface area (Å²) in [4.78, 5) is 0. The Labute approximate surface area is 94.6 Å². The van der Waals surface area contributed by atoms with E-state index in [0.717, 1.165) is 0 Å². The first kappa shape index (κ1) is 14.3. The lowest BCUT2D eigenvalue weighted by Crippen LogP contribution is -2.61. The molecular weight excluding hydrogens is 192 g/mol. The maximum absolute atomic E-state index is 3.66. The van der Waals surface area contributed by atoms with E-state index >= 15 is 0 Å². The molecule has 0 aromatic rings. The van der Waals surface area contributed by atoms with Crippen molar-refractivity contribution in [2.75, 3.05) is 13.3 Å². The summed E-state index contributed by atoms with van der Waals surface area (Å²) in [6.07, 6.45) is 4.12. The van der Waals surface area contributed by atoms with E-state index in [0.29, 0.717) is 6.04 Å². The predicted molar refractivity (Wildman–Crippen MR) is 68.3 cm³/mol. The van der Waals surface area contributed by atoms with Crippen LogP contribution in [0.15, 0.2) is 0 Å². The fourth-order valence-corrected chi connectivity index (χ4v) is 2.53. The number of rotatable bonds is 1. The first-order valence-electron chi connectivity index (χ1n) is 5.26. The van der Waals surface area contributed by atoms with E-state index in [1.54, 1.807) is 6.26 Å². The van der Waals surface area contributed by atoms with Crippen LogP contribution in [-0.4, -0.2) is 30.4 Å². The van der Waals surface area contributed by atoms with Gasteiger partial charge in [0.2, 0.25) is 0 Å². The summed E-state index contributed by atoms with van der Waals surface area (Å²) in [5.41, 5.74) is 0.546. The first-order valence-corrected chi connectivity index (χ1v) is 6.15. The molecule has 0 aromatic heterocycles. The highest BCUT2D eigenvalue weighted by atomic mass is 32.1. The Hall–Kier alpha value is 0.270. The van der Waals surface area contributed by atoms with Crippen molar-refractivity contribution >= 4 is 12.6 Å². The van der Waals surface area contributed by atoms with Crippen LogP contribution in [0.4, 0.5) is 0 Å². The minimum atomic E-state index is 0.273. The van der Waals surface area contributed by atoms with Gasteiger partial charge in [-0.2, -0.15) is 12.6 Å². The molecule has 1 aliphatic heterocycles. The number of thiol groups is 1. The molecule has 0 bridgehead atoms. The number of piperidine rings is 1. The van der Waals surface area contributed by atoms with Crippen molar-refractivity contribution in [3.8, 4) is 0 Å². The molecule has 0 amide bonds. The fraction of sp³-hybridized carbons (Fsp3) is 1.00. The normalized spacial score (nSPS) is 25.1. The smallest absolute Gasteiger partial charge is 0.0144 e. The van der Waals surface area contributed by atoms with Crippen LogP contribution in [0.5, 0.6) is 0 Å². The van der Waals surface area contributed by atoms with E-state index in [9.17, 15) is 0 Å².